The Labute approximate surface area is 111 Å². The van der Waals surface area contributed by atoms with Crippen molar-refractivity contribution in [1.29, 1.82) is 0 Å². The summed E-state index contributed by atoms with van der Waals surface area (Å²) < 4.78 is 6.77. The molecular weight excluding hydrogens is 278 g/mol. The van der Waals surface area contributed by atoms with Crippen LogP contribution in [0.2, 0.25) is 0 Å². The maximum absolute atomic E-state index is 5.76. The van der Waals surface area contributed by atoms with Gasteiger partial charge in [-0.1, -0.05) is 27.7 Å². The van der Waals surface area contributed by atoms with E-state index in [2.05, 4.69) is 60.7 Å². The summed E-state index contributed by atoms with van der Waals surface area (Å²) in [5.41, 5.74) is 3.13. The molecule has 0 aliphatic rings. The first-order valence-electron chi connectivity index (χ1n) is 6.06. The quantitative estimate of drug-likeness (QED) is 0.804. The molecular formula is C14H18BrNO. The third kappa shape index (κ3) is 2.71. The van der Waals surface area contributed by atoms with Crippen LogP contribution in [0.5, 0.6) is 0 Å². The molecule has 0 radical (unpaired) electrons. The third-order valence-corrected chi connectivity index (χ3v) is 3.25. The Morgan fingerprint density at radius 2 is 1.94 bits per heavy atom. The summed E-state index contributed by atoms with van der Waals surface area (Å²) in [5, 5.41) is 0. The first-order valence-corrected chi connectivity index (χ1v) is 6.85. The molecule has 0 N–H and O–H groups in total. The summed E-state index contributed by atoms with van der Waals surface area (Å²) in [6, 6.07) is 4.27. The van der Waals surface area contributed by atoms with E-state index >= 15 is 0 Å². The van der Waals surface area contributed by atoms with Crippen molar-refractivity contribution in [3.05, 3.63) is 28.1 Å². The number of nitrogens with zero attached hydrogens (tertiary/aromatic N) is 1. The van der Waals surface area contributed by atoms with Crippen LogP contribution in [0.1, 0.15) is 45.1 Å². The van der Waals surface area contributed by atoms with E-state index in [1.807, 2.05) is 0 Å². The molecule has 0 aliphatic carbocycles. The summed E-state index contributed by atoms with van der Waals surface area (Å²) >= 11 is 3.57. The third-order valence-electron chi connectivity index (χ3n) is 2.66. The molecule has 2 rings (SSSR count). The number of aromatic nitrogens is 1. The van der Waals surface area contributed by atoms with E-state index in [0.717, 1.165) is 27.9 Å². The maximum atomic E-state index is 5.76. The lowest BCUT2D eigenvalue weighted by Crippen LogP contribution is -1.93. The van der Waals surface area contributed by atoms with Crippen LogP contribution in [0.3, 0.4) is 0 Å². The van der Waals surface area contributed by atoms with Gasteiger partial charge in [-0.2, -0.15) is 0 Å². The zero-order valence-electron chi connectivity index (χ0n) is 10.7. The van der Waals surface area contributed by atoms with E-state index in [1.165, 1.54) is 5.56 Å². The number of hydrogen-bond acceptors (Lipinski definition) is 2. The Balaban J connectivity index is 2.49. The normalized spacial score (nSPS) is 11.9. The molecule has 0 fully saturated rings. The smallest absolute Gasteiger partial charge is 0.198 e. The van der Waals surface area contributed by atoms with Gasteiger partial charge in [0.05, 0.1) is 4.47 Å². The van der Waals surface area contributed by atoms with Crippen LogP contribution in [0.15, 0.2) is 21.0 Å². The monoisotopic (exact) mass is 295 g/mol. The summed E-state index contributed by atoms with van der Waals surface area (Å²) in [6.45, 7) is 8.63. The van der Waals surface area contributed by atoms with Crippen LogP contribution in [-0.4, -0.2) is 4.98 Å². The Hall–Kier alpha value is -0.830. The number of halogens is 1. The minimum Gasteiger partial charge on any atom is -0.439 e. The number of fused-ring (bicyclic) bond motifs is 1. The Morgan fingerprint density at radius 3 is 2.53 bits per heavy atom. The molecule has 0 amide bonds. The molecule has 2 aromatic rings. The second kappa shape index (κ2) is 4.81. The van der Waals surface area contributed by atoms with Crippen molar-refractivity contribution >= 4 is 27.0 Å². The SMILES string of the molecule is CC(C)Cc1cc(Br)c2oc(C(C)C)nc2c1. The van der Waals surface area contributed by atoms with Crippen LogP contribution in [0, 0.1) is 5.92 Å². The number of hydrogen-bond donors (Lipinski definition) is 0. The van der Waals surface area contributed by atoms with Crippen LogP contribution in [0.25, 0.3) is 11.1 Å². The number of benzene rings is 1. The molecule has 1 heterocycles. The van der Waals surface area contributed by atoms with Gasteiger partial charge in [0.15, 0.2) is 11.5 Å². The van der Waals surface area contributed by atoms with Crippen molar-refractivity contribution in [2.75, 3.05) is 0 Å². The molecule has 0 spiro atoms. The number of oxazole rings is 1. The van der Waals surface area contributed by atoms with E-state index in [1.54, 1.807) is 0 Å². The van der Waals surface area contributed by atoms with Gasteiger partial charge in [0, 0.05) is 5.92 Å². The predicted molar refractivity (Wildman–Crippen MR) is 74.3 cm³/mol. The zero-order chi connectivity index (χ0) is 12.6. The molecule has 17 heavy (non-hydrogen) atoms. The van der Waals surface area contributed by atoms with Gasteiger partial charge >= 0.3 is 0 Å². The lowest BCUT2D eigenvalue weighted by molar-refractivity contribution is 0.500. The van der Waals surface area contributed by atoms with Crippen molar-refractivity contribution in [2.45, 2.75) is 40.0 Å². The molecule has 0 saturated heterocycles. The van der Waals surface area contributed by atoms with Gasteiger partial charge in [-0.3, -0.25) is 0 Å². The summed E-state index contributed by atoms with van der Waals surface area (Å²) in [5.74, 6) is 1.78. The summed E-state index contributed by atoms with van der Waals surface area (Å²) in [6.07, 6.45) is 1.07. The molecule has 0 atom stereocenters. The van der Waals surface area contributed by atoms with Crippen LogP contribution < -0.4 is 0 Å². The van der Waals surface area contributed by atoms with E-state index in [0.29, 0.717) is 11.8 Å². The van der Waals surface area contributed by atoms with Crippen molar-refractivity contribution in [1.82, 2.24) is 4.98 Å². The highest BCUT2D eigenvalue weighted by Gasteiger charge is 2.13. The van der Waals surface area contributed by atoms with Gasteiger partial charge in [0.2, 0.25) is 0 Å². The minimum atomic E-state index is 0.322. The van der Waals surface area contributed by atoms with Crippen LogP contribution >= 0.6 is 15.9 Å². The van der Waals surface area contributed by atoms with Gasteiger partial charge in [-0.15, -0.1) is 0 Å². The zero-order valence-corrected chi connectivity index (χ0v) is 12.3. The van der Waals surface area contributed by atoms with E-state index < -0.39 is 0 Å². The van der Waals surface area contributed by atoms with Crippen molar-refractivity contribution < 1.29 is 4.42 Å². The molecule has 92 valence electrons. The molecule has 0 aliphatic heterocycles. The molecule has 0 saturated carbocycles. The van der Waals surface area contributed by atoms with Crippen molar-refractivity contribution in [3.63, 3.8) is 0 Å². The Morgan fingerprint density at radius 1 is 1.24 bits per heavy atom. The first kappa shape index (κ1) is 12.6. The van der Waals surface area contributed by atoms with E-state index in [-0.39, 0.29) is 0 Å². The molecule has 1 aromatic carbocycles. The highest BCUT2D eigenvalue weighted by Crippen LogP contribution is 2.29. The fourth-order valence-corrected chi connectivity index (χ4v) is 2.48. The summed E-state index contributed by atoms with van der Waals surface area (Å²) in [4.78, 5) is 4.54. The van der Waals surface area contributed by atoms with Crippen molar-refractivity contribution in [2.24, 2.45) is 5.92 Å². The molecule has 2 nitrogen and oxygen atoms in total. The summed E-state index contributed by atoms with van der Waals surface area (Å²) in [7, 11) is 0. The fraction of sp³-hybridized carbons (Fsp3) is 0.500. The topological polar surface area (TPSA) is 26.0 Å². The molecule has 0 bridgehead atoms. The van der Waals surface area contributed by atoms with Crippen LogP contribution in [-0.2, 0) is 6.42 Å². The van der Waals surface area contributed by atoms with E-state index in [9.17, 15) is 0 Å². The van der Waals surface area contributed by atoms with Gasteiger partial charge in [-0.05, 0) is 46.0 Å². The minimum absolute atomic E-state index is 0.322. The number of rotatable bonds is 3. The van der Waals surface area contributed by atoms with Crippen molar-refractivity contribution in [3.8, 4) is 0 Å². The van der Waals surface area contributed by atoms with Gasteiger partial charge in [0.1, 0.15) is 5.52 Å². The largest absolute Gasteiger partial charge is 0.439 e. The van der Waals surface area contributed by atoms with Gasteiger partial charge in [-0.25, -0.2) is 4.98 Å². The maximum Gasteiger partial charge on any atom is 0.198 e. The van der Waals surface area contributed by atoms with Crippen LogP contribution in [0.4, 0.5) is 0 Å². The Bertz CT molecular complexity index is 528. The average molecular weight is 296 g/mol. The molecule has 0 unspecified atom stereocenters. The Kier molecular flexibility index (Phi) is 3.57. The second-order valence-electron chi connectivity index (χ2n) is 5.23. The molecule has 1 aromatic heterocycles. The molecule has 3 heteroatoms. The highest BCUT2D eigenvalue weighted by atomic mass is 79.9. The standard InChI is InChI=1S/C14H18BrNO/c1-8(2)5-10-6-11(15)13-12(7-10)16-14(17-13)9(3)4/h6-9H,5H2,1-4H3. The van der Waals surface area contributed by atoms with Gasteiger partial charge in [0.25, 0.3) is 0 Å². The lowest BCUT2D eigenvalue weighted by atomic mass is 10.0. The average Bonchev–Trinajstić information content (AvgIpc) is 2.60. The lowest BCUT2D eigenvalue weighted by Gasteiger charge is -2.04. The fourth-order valence-electron chi connectivity index (χ4n) is 1.90. The second-order valence-corrected chi connectivity index (χ2v) is 6.09. The first-order chi connectivity index (χ1) is 7.97. The van der Waals surface area contributed by atoms with Gasteiger partial charge < -0.3 is 4.42 Å². The highest BCUT2D eigenvalue weighted by molar-refractivity contribution is 9.10. The van der Waals surface area contributed by atoms with E-state index in [4.69, 9.17) is 4.42 Å². The predicted octanol–water partition coefficient (Wildman–Crippen LogP) is 4.91.